The number of carboxylic acid groups (broad SMARTS) is 1. The Bertz CT molecular complexity index is 1850. The molecule has 0 rings (SSSR count). The first kappa shape index (κ1) is 98.0. The Morgan fingerprint density at radius 2 is 0.564 bits per heavy atom. The molecule has 0 saturated heterocycles. The van der Waals surface area contributed by atoms with Crippen LogP contribution in [-0.2, 0) is 33.3 Å². The van der Waals surface area contributed by atoms with Crippen LogP contribution >= 0.6 is 0 Å². The average molecular weight is 1420 g/mol. The molecule has 0 aliphatic carbocycles. The molecule has 0 aromatic heterocycles. The van der Waals surface area contributed by atoms with E-state index in [1.54, 1.807) is 0 Å². The molecule has 101 heavy (non-hydrogen) atoms. The Balaban J connectivity index is 3.90. The normalized spacial score (nSPS) is 12.8. The van der Waals surface area contributed by atoms with E-state index in [0.717, 1.165) is 70.6 Å². The number of unbranched alkanes of at least 4 members (excludes halogenated alkanes) is 59. The van der Waals surface area contributed by atoms with Crippen molar-refractivity contribution in [2.75, 3.05) is 47.5 Å². The van der Waals surface area contributed by atoms with Gasteiger partial charge >= 0.3 is 11.9 Å². The van der Waals surface area contributed by atoms with Crippen LogP contribution in [0.3, 0.4) is 0 Å². The second kappa shape index (κ2) is 82.6. The third-order valence-electron chi connectivity index (χ3n) is 20.3. The van der Waals surface area contributed by atoms with Crippen molar-refractivity contribution in [3.63, 3.8) is 0 Å². The fourth-order valence-corrected chi connectivity index (χ4v) is 13.6. The predicted octanol–water partition coefficient (Wildman–Crippen LogP) is 27.6. The molecular weight excluding hydrogens is 1250 g/mol. The minimum atomic E-state index is -1.62. The van der Waals surface area contributed by atoms with Gasteiger partial charge in [0.1, 0.15) is 13.2 Å². The molecule has 0 N–H and O–H groups in total. The lowest BCUT2D eigenvalue weighted by Crippen LogP contribution is -2.44. The van der Waals surface area contributed by atoms with Crippen molar-refractivity contribution < 1.29 is 42.9 Å². The van der Waals surface area contributed by atoms with Crippen molar-refractivity contribution in [2.45, 2.75) is 463 Å². The lowest BCUT2D eigenvalue weighted by molar-refractivity contribution is -0.870. The molecule has 0 saturated carbocycles. The van der Waals surface area contributed by atoms with Crippen molar-refractivity contribution in [3.8, 4) is 0 Å². The smallest absolute Gasteiger partial charge is 0.306 e. The van der Waals surface area contributed by atoms with Crippen LogP contribution in [0.25, 0.3) is 0 Å². The van der Waals surface area contributed by atoms with Gasteiger partial charge in [0, 0.05) is 12.8 Å². The first-order chi connectivity index (χ1) is 49.6. The number of aliphatic carboxylic acids is 1. The minimum Gasteiger partial charge on any atom is -0.545 e. The number of rotatable bonds is 84. The zero-order chi connectivity index (χ0) is 73.2. The monoisotopic (exact) mass is 1420 g/mol. The van der Waals surface area contributed by atoms with E-state index in [0.29, 0.717) is 17.4 Å². The van der Waals surface area contributed by atoms with Gasteiger partial charge in [-0.3, -0.25) is 9.59 Å². The summed E-state index contributed by atoms with van der Waals surface area (Å²) in [5.74, 6) is -2.25. The number of likely N-dealkylation sites (N-methyl/N-ethyl adjacent to an activating group) is 1. The number of carbonyl (C=O) groups is 3. The fraction of sp³-hybridized carbons (Fsp3) is 0.859. The van der Waals surface area contributed by atoms with Crippen LogP contribution in [0.4, 0.5) is 0 Å². The number of carbonyl (C=O) groups excluding carboxylic acids is 3. The molecule has 0 aliphatic heterocycles. The van der Waals surface area contributed by atoms with Crippen molar-refractivity contribution in [1.82, 2.24) is 0 Å². The lowest BCUT2D eigenvalue weighted by atomic mass is 10.0. The van der Waals surface area contributed by atoms with Gasteiger partial charge in [0.05, 0.1) is 40.3 Å². The van der Waals surface area contributed by atoms with E-state index in [2.05, 4.69) is 74.6 Å². The summed E-state index contributed by atoms with van der Waals surface area (Å²) in [7, 11) is 5.96. The maximum atomic E-state index is 13.0. The van der Waals surface area contributed by atoms with Crippen molar-refractivity contribution in [1.29, 1.82) is 0 Å². The highest BCUT2D eigenvalue weighted by Crippen LogP contribution is 2.21. The van der Waals surface area contributed by atoms with Crippen LogP contribution in [-0.4, -0.2) is 82.3 Å². The van der Waals surface area contributed by atoms with Gasteiger partial charge in [0.2, 0.25) is 0 Å². The fourth-order valence-electron chi connectivity index (χ4n) is 13.6. The molecule has 0 heterocycles. The van der Waals surface area contributed by atoms with Crippen molar-refractivity contribution in [2.24, 2.45) is 0 Å². The molecule has 2 unspecified atom stereocenters. The van der Waals surface area contributed by atoms with Gasteiger partial charge in [-0.25, -0.2) is 0 Å². The summed E-state index contributed by atoms with van der Waals surface area (Å²) in [6.45, 7) is 4.72. The van der Waals surface area contributed by atoms with E-state index in [1.165, 1.54) is 353 Å². The molecule has 2 atom stereocenters. The number of nitrogens with zero attached hydrogens (tertiary/aromatic N) is 1. The molecule has 592 valence electrons. The summed E-state index contributed by atoms with van der Waals surface area (Å²) in [5, 5.41) is 11.9. The average Bonchev–Trinajstić information content (AvgIpc) is 1.21. The maximum absolute atomic E-state index is 13.0. The van der Waals surface area contributed by atoms with Crippen molar-refractivity contribution in [3.05, 3.63) is 60.8 Å². The van der Waals surface area contributed by atoms with Gasteiger partial charge in [-0.2, -0.15) is 0 Å². The third kappa shape index (κ3) is 84.1. The van der Waals surface area contributed by atoms with Crippen LogP contribution in [0.2, 0.25) is 0 Å². The summed E-state index contributed by atoms with van der Waals surface area (Å²) >= 11 is 0. The first-order valence-electron chi connectivity index (χ1n) is 44.4. The summed E-state index contributed by atoms with van der Waals surface area (Å²) < 4.78 is 22.9. The summed E-state index contributed by atoms with van der Waals surface area (Å²) in [5.41, 5.74) is 0. The van der Waals surface area contributed by atoms with Crippen LogP contribution in [0.15, 0.2) is 60.8 Å². The number of hydrogen-bond donors (Lipinski definition) is 0. The molecule has 0 bridgehead atoms. The molecule has 0 amide bonds. The Hall–Kier alpha value is -3.01. The molecule has 0 fully saturated rings. The van der Waals surface area contributed by atoms with Gasteiger partial charge < -0.3 is 33.3 Å². The molecule has 9 heteroatoms. The number of carboxylic acids is 1. The summed E-state index contributed by atoms with van der Waals surface area (Å²) in [6.07, 6.45) is 108. The van der Waals surface area contributed by atoms with Gasteiger partial charge in [-0.05, 0) is 57.8 Å². The maximum Gasteiger partial charge on any atom is 0.306 e. The largest absolute Gasteiger partial charge is 0.545 e. The zero-order valence-electron chi connectivity index (χ0n) is 68.1. The predicted molar refractivity (Wildman–Crippen MR) is 435 cm³/mol. The number of allylic oxidation sites excluding steroid dienone is 10. The highest BCUT2D eigenvalue weighted by molar-refractivity contribution is 5.70. The van der Waals surface area contributed by atoms with E-state index in [-0.39, 0.29) is 32.2 Å². The van der Waals surface area contributed by atoms with Crippen molar-refractivity contribution >= 4 is 17.9 Å². The number of quaternary nitrogens is 1. The van der Waals surface area contributed by atoms with Gasteiger partial charge in [0.15, 0.2) is 12.4 Å². The van der Waals surface area contributed by atoms with Crippen LogP contribution in [0.5, 0.6) is 0 Å². The lowest BCUT2D eigenvalue weighted by Gasteiger charge is -2.26. The topological polar surface area (TPSA) is 111 Å². The van der Waals surface area contributed by atoms with E-state index < -0.39 is 24.3 Å². The standard InChI is InChI=1S/C92H171NO8/c1-6-8-10-12-14-16-18-20-22-24-26-28-30-32-34-36-38-40-42-44-45-47-49-51-53-55-57-59-61-63-65-67-69-71-73-75-77-79-81-83-90(95)101-88(87-100-92(91(96)97)98-85-84-93(3,4)5)86-99-89(94)82-80-78-76-74-72-70-68-66-64-62-60-58-56-54-52-50-48-46-43-41-39-37-35-33-31-29-27-25-23-21-19-17-15-13-11-9-7-2/h8,10,14,16,20,22,26,28,32,34,88,92H,6-7,9,11-13,15,17-19,21,23-25,27,29-31,33,35-87H2,1-5H3/b10-8-,16-14-,22-20-,28-26-,34-32-. The van der Waals surface area contributed by atoms with Gasteiger partial charge in [-0.1, -0.05) is 441 Å². The molecule has 0 aromatic carbocycles. The Morgan fingerprint density at radius 1 is 0.307 bits per heavy atom. The van der Waals surface area contributed by atoms with E-state index in [1.807, 2.05) is 21.1 Å². The Labute approximate surface area is 628 Å². The molecular formula is C92H171NO8. The van der Waals surface area contributed by atoms with E-state index in [9.17, 15) is 19.5 Å². The molecule has 9 nitrogen and oxygen atoms in total. The van der Waals surface area contributed by atoms with E-state index >= 15 is 0 Å². The Morgan fingerprint density at radius 3 is 0.842 bits per heavy atom. The number of hydrogen-bond acceptors (Lipinski definition) is 8. The van der Waals surface area contributed by atoms with E-state index in [4.69, 9.17) is 18.9 Å². The van der Waals surface area contributed by atoms with Crippen LogP contribution < -0.4 is 5.11 Å². The van der Waals surface area contributed by atoms with Gasteiger partial charge in [0.25, 0.3) is 0 Å². The summed E-state index contributed by atoms with van der Waals surface area (Å²) in [4.78, 5) is 37.7. The second-order valence-electron chi connectivity index (χ2n) is 31.5. The molecule has 0 aliphatic rings. The first-order valence-corrected chi connectivity index (χ1v) is 44.4. The molecule has 0 spiro atoms. The highest BCUT2D eigenvalue weighted by Gasteiger charge is 2.22. The molecule has 0 radical (unpaired) electrons. The van der Waals surface area contributed by atoms with Crippen LogP contribution in [0, 0.1) is 0 Å². The minimum absolute atomic E-state index is 0.151. The van der Waals surface area contributed by atoms with Crippen LogP contribution in [0.1, 0.15) is 450 Å². The zero-order valence-corrected chi connectivity index (χ0v) is 68.1. The summed E-state index contributed by atoms with van der Waals surface area (Å²) in [6, 6.07) is 0. The number of esters is 2. The molecule has 0 aromatic rings. The third-order valence-corrected chi connectivity index (χ3v) is 20.3. The SMILES string of the molecule is CC/C=C\C/C=C\C/C=C\C/C=C\C/C=C\CCCCCCCCCCCCCCCCCCCCCCCCCC(=O)OC(COC(=O)CCCCCCCCCCCCCCCCCCCCCCCCCCCCCCCCCCCCCCC)COC(OCC[N+](C)(C)C)C(=O)[O-]. The second-order valence-corrected chi connectivity index (χ2v) is 31.5. The Kier molecular flexibility index (Phi) is 80.2. The highest BCUT2D eigenvalue weighted by atomic mass is 16.7. The van der Waals surface area contributed by atoms with Gasteiger partial charge in [-0.15, -0.1) is 0 Å². The number of ether oxygens (including phenoxy) is 4. The quantitative estimate of drug-likeness (QED) is 0.0195.